The molecule has 0 bridgehead atoms. The molecule has 0 aliphatic rings. The Morgan fingerprint density at radius 1 is 1.06 bits per heavy atom. The van der Waals surface area contributed by atoms with Gasteiger partial charge in [0.15, 0.2) is 11.6 Å². The zero-order valence-electron chi connectivity index (χ0n) is 8.95. The molecule has 0 spiro atoms. The lowest BCUT2D eigenvalue weighted by molar-refractivity contribution is 0.439. The van der Waals surface area contributed by atoms with Crippen LogP contribution in [0.4, 0.5) is 8.78 Å². The number of nitrogens with zero attached hydrogens (tertiary/aromatic N) is 1. The standard InChI is InChI=1S/C13H6BrF2NO/c14-9-1-3-11(16)13(6-9)18-12-4-2-10(15)5-8(12)7-17/h1-6H. The van der Waals surface area contributed by atoms with Gasteiger partial charge in [0.1, 0.15) is 17.6 Å². The van der Waals surface area contributed by atoms with Crippen molar-refractivity contribution in [3.05, 3.63) is 58.1 Å². The molecule has 0 N–H and O–H groups in total. The van der Waals surface area contributed by atoms with Crippen molar-refractivity contribution in [2.45, 2.75) is 0 Å². The molecular formula is C13H6BrF2NO. The third-order valence-electron chi connectivity index (χ3n) is 2.18. The van der Waals surface area contributed by atoms with Crippen molar-refractivity contribution in [3.8, 4) is 17.6 Å². The first-order chi connectivity index (χ1) is 8.60. The zero-order chi connectivity index (χ0) is 13.1. The van der Waals surface area contributed by atoms with Gasteiger partial charge in [0.2, 0.25) is 0 Å². The van der Waals surface area contributed by atoms with Crippen LogP contribution in [0.2, 0.25) is 0 Å². The summed E-state index contributed by atoms with van der Waals surface area (Å²) < 4.78 is 32.3. The second-order valence-corrected chi connectivity index (χ2v) is 4.34. The molecule has 0 aromatic heterocycles. The largest absolute Gasteiger partial charge is 0.453 e. The van der Waals surface area contributed by atoms with E-state index >= 15 is 0 Å². The van der Waals surface area contributed by atoms with Gasteiger partial charge in [-0.05, 0) is 36.4 Å². The van der Waals surface area contributed by atoms with Crippen molar-refractivity contribution in [1.82, 2.24) is 0 Å². The minimum absolute atomic E-state index is 0.00868. The van der Waals surface area contributed by atoms with E-state index in [0.29, 0.717) is 4.47 Å². The molecule has 0 saturated carbocycles. The van der Waals surface area contributed by atoms with Crippen molar-refractivity contribution >= 4 is 15.9 Å². The van der Waals surface area contributed by atoms with E-state index in [1.807, 2.05) is 0 Å². The topological polar surface area (TPSA) is 33.0 Å². The van der Waals surface area contributed by atoms with Crippen molar-refractivity contribution in [1.29, 1.82) is 5.26 Å². The third kappa shape index (κ3) is 2.66. The molecule has 2 aromatic carbocycles. The fraction of sp³-hybridized carbons (Fsp3) is 0. The summed E-state index contributed by atoms with van der Waals surface area (Å²) in [5, 5.41) is 8.85. The van der Waals surface area contributed by atoms with Crippen molar-refractivity contribution in [3.63, 3.8) is 0 Å². The average molecular weight is 310 g/mol. The van der Waals surface area contributed by atoms with Gasteiger partial charge in [0, 0.05) is 4.47 Å². The number of ether oxygens (including phenoxy) is 1. The molecule has 0 fully saturated rings. The first-order valence-corrected chi connectivity index (χ1v) is 5.72. The van der Waals surface area contributed by atoms with E-state index in [4.69, 9.17) is 10.00 Å². The normalized spacial score (nSPS) is 9.89. The van der Waals surface area contributed by atoms with Crippen molar-refractivity contribution in [2.24, 2.45) is 0 Å². The number of benzene rings is 2. The molecule has 90 valence electrons. The highest BCUT2D eigenvalue weighted by molar-refractivity contribution is 9.10. The Labute approximate surface area is 111 Å². The van der Waals surface area contributed by atoms with Gasteiger partial charge < -0.3 is 4.74 Å². The average Bonchev–Trinajstić information content (AvgIpc) is 2.36. The maximum absolute atomic E-state index is 13.5. The van der Waals surface area contributed by atoms with Crippen LogP contribution in [-0.4, -0.2) is 0 Å². The Morgan fingerprint density at radius 2 is 1.83 bits per heavy atom. The summed E-state index contributed by atoms with van der Waals surface area (Å²) >= 11 is 3.19. The maximum atomic E-state index is 13.5. The molecule has 0 radical (unpaired) electrons. The minimum Gasteiger partial charge on any atom is -0.453 e. The second kappa shape index (κ2) is 5.15. The lowest BCUT2D eigenvalue weighted by Crippen LogP contribution is -1.92. The molecule has 2 aromatic rings. The van der Waals surface area contributed by atoms with E-state index in [2.05, 4.69) is 15.9 Å². The third-order valence-corrected chi connectivity index (χ3v) is 2.67. The van der Waals surface area contributed by atoms with Crippen LogP contribution >= 0.6 is 15.9 Å². The fourth-order valence-corrected chi connectivity index (χ4v) is 1.69. The molecule has 0 unspecified atom stereocenters. The van der Waals surface area contributed by atoms with Gasteiger partial charge in [0.25, 0.3) is 0 Å². The van der Waals surface area contributed by atoms with Gasteiger partial charge in [-0.2, -0.15) is 5.26 Å². The number of halogens is 3. The maximum Gasteiger partial charge on any atom is 0.165 e. The van der Waals surface area contributed by atoms with Crippen LogP contribution in [0.5, 0.6) is 11.5 Å². The number of nitriles is 1. The first-order valence-electron chi connectivity index (χ1n) is 4.92. The van der Waals surface area contributed by atoms with Gasteiger partial charge in [0.05, 0.1) is 5.56 Å². The Bertz CT molecular complexity index is 637. The lowest BCUT2D eigenvalue weighted by Gasteiger charge is -2.08. The first kappa shape index (κ1) is 12.5. The molecule has 0 atom stereocenters. The Hall–Kier alpha value is -1.93. The van der Waals surface area contributed by atoms with Crippen LogP contribution in [0.1, 0.15) is 5.56 Å². The highest BCUT2D eigenvalue weighted by Gasteiger charge is 2.10. The summed E-state index contributed by atoms with van der Waals surface area (Å²) in [7, 11) is 0. The molecule has 0 saturated heterocycles. The predicted molar refractivity (Wildman–Crippen MR) is 65.3 cm³/mol. The molecule has 18 heavy (non-hydrogen) atoms. The lowest BCUT2D eigenvalue weighted by atomic mass is 10.2. The van der Waals surface area contributed by atoms with E-state index in [9.17, 15) is 8.78 Å². The molecule has 0 aliphatic carbocycles. The summed E-state index contributed by atoms with van der Waals surface area (Å²) in [6.07, 6.45) is 0. The fourth-order valence-electron chi connectivity index (χ4n) is 1.35. The highest BCUT2D eigenvalue weighted by atomic mass is 79.9. The summed E-state index contributed by atoms with van der Waals surface area (Å²) in [6, 6.07) is 9.44. The molecule has 0 heterocycles. The summed E-state index contributed by atoms with van der Waals surface area (Å²) in [4.78, 5) is 0. The Morgan fingerprint density at radius 3 is 2.56 bits per heavy atom. The van der Waals surface area contributed by atoms with Crippen LogP contribution in [-0.2, 0) is 0 Å². The molecule has 2 rings (SSSR count). The minimum atomic E-state index is -0.564. The van der Waals surface area contributed by atoms with Crippen LogP contribution in [0.3, 0.4) is 0 Å². The van der Waals surface area contributed by atoms with Crippen LogP contribution in [0, 0.1) is 23.0 Å². The monoisotopic (exact) mass is 309 g/mol. The predicted octanol–water partition coefficient (Wildman–Crippen LogP) is 4.39. The van der Waals surface area contributed by atoms with Crippen LogP contribution in [0.25, 0.3) is 0 Å². The van der Waals surface area contributed by atoms with E-state index in [0.717, 1.165) is 12.1 Å². The van der Waals surface area contributed by atoms with Gasteiger partial charge in [-0.1, -0.05) is 15.9 Å². The smallest absolute Gasteiger partial charge is 0.165 e. The quantitative estimate of drug-likeness (QED) is 0.824. The van der Waals surface area contributed by atoms with Crippen molar-refractivity contribution in [2.75, 3.05) is 0 Å². The van der Waals surface area contributed by atoms with Gasteiger partial charge in [-0.25, -0.2) is 8.78 Å². The van der Waals surface area contributed by atoms with E-state index in [1.165, 1.54) is 24.3 Å². The second-order valence-electron chi connectivity index (χ2n) is 3.43. The molecule has 2 nitrogen and oxygen atoms in total. The molecule has 5 heteroatoms. The van der Waals surface area contributed by atoms with E-state index in [1.54, 1.807) is 6.07 Å². The Kier molecular flexibility index (Phi) is 3.58. The molecule has 0 aliphatic heterocycles. The molecule has 0 amide bonds. The number of rotatable bonds is 2. The molecular weight excluding hydrogens is 304 g/mol. The van der Waals surface area contributed by atoms with Crippen LogP contribution < -0.4 is 4.74 Å². The zero-order valence-corrected chi connectivity index (χ0v) is 10.5. The van der Waals surface area contributed by atoms with Crippen LogP contribution in [0.15, 0.2) is 40.9 Å². The van der Waals surface area contributed by atoms with Gasteiger partial charge in [-0.3, -0.25) is 0 Å². The van der Waals surface area contributed by atoms with Gasteiger partial charge >= 0.3 is 0 Å². The van der Waals surface area contributed by atoms with Gasteiger partial charge in [-0.15, -0.1) is 0 Å². The summed E-state index contributed by atoms with van der Waals surface area (Å²) in [6.45, 7) is 0. The van der Waals surface area contributed by atoms with Crippen molar-refractivity contribution < 1.29 is 13.5 Å². The number of hydrogen-bond acceptors (Lipinski definition) is 2. The SMILES string of the molecule is N#Cc1cc(F)ccc1Oc1cc(Br)ccc1F. The summed E-state index contributed by atoms with van der Waals surface area (Å²) in [5.41, 5.74) is 0.00868. The Balaban J connectivity index is 2.40. The highest BCUT2D eigenvalue weighted by Crippen LogP contribution is 2.29. The van der Waals surface area contributed by atoms with E-state index < -0.39 is 11.6 Å². The number of hydrogen-bond donors (Lipinski definition) is 0. The summed E-state index contributed by atoms with van der Waals surface area (Å²) in [5.74, 6) is -1.04. The van der Waals surface area contributed by atoms with E-state index in [-0.39, 0.29) is 17.1 Å².